The summed E-state index contributed by atoms with van der Waals surface area (Å²) in [5.41, 5.74) is 2.56. The van der Waals surface area contributed by atoms with Crippen LogP contribution in [0.3, 0.4) is 0 Å². The quantitative estimate of drug-likeness (QED) is 0.810. The van der Waals surface area contributed by atoms with Gasteiger partial charge in [0.1, 0.15) is 11.5 Å². The van der Waals surface area contributed by atoms with Gasteiger partial charge in [0.15, 0.2) is 0 Å². The van der Waals surface area contributed by atoms with Crippen LogP contribution in [0.1, 0.15) is 24.0 Å². The lowest BCUT2D eigenvalue weighted by molar-refractivity contribution is 0.414. The third-order valence-electron chi connectivity index (χ3n) is 3.23. The molecule has 0 heterocycles. The van der Waals surface area contributed by atoms with Crippen LogP contribution >= 0.6 is 0 Å². The van der Waals surface area contributed by atoms with Crippen LogP contribution < -0.4 is 9.47 Å². The first-order valence-electron chi connectivity index (χ1n) is 6.02. The average molecular weight is 242 g/mol. The zero-order valence-electron chi connectivity index (χ0n) is 11.0. The van der Waals surface area contributed by atoms with Crippen molar-refractivity contribution in [3.8, 4) is 11.5 Å². The maximum absolute atomic E-state index is 5.17. The summed E-state index contributed by atoms with van der Waals surface area (Å²) < 4.78 is 10.3. The molecule has 2 aromatic rings. The second-order valence-corrected chi connectivity index (χ2v) is 4.27. The van der Waals surface area contributed by atoms with E-state index in [9.17, 15) is 0 Å². The van der Waals surface area contributed by atoms with E-state index in [0.29, 0.717) is 5.92 Å². The van der Waals surface area contributed by atoms with Gasteiger partial charge in [0.25, 0.3) is 0 Å². The highest BCUT2D eigenvalue weighted by Gasteiger charge is 2.08. The molecule has 0 N–H and O–H groups in total. The van der Waals surface area contributed by atoms with Crippen LogP contribution in [0.15, 0.2) is 48.5 Å². The molecule has 0 unspecified atom stereocenters. The van der Waals surface area contributed by atoms with Crippen molar-refractivity contribution < 1.29 is 9.47 Å². The molecule has 2 aromatic carbocycles. The fraction of sp³-hybridized carbons (Fsp3) is 0.250. The van der Waals surface area contributed by atoms with Gasteiger partial charge in [-0.2, -0.15) is 0 Å². The van der Waals surface area contributed by atoms with E-state index in [-0.39, 0.29) is 0 Å². The number of benzene rings is 2. The lowest BCUT2D eigenvalue weighted by Crippen LogP contribution is -1.96. The highest BCUT2D eigenvalue weighted by molar-refractivity contribution is 5.37. The second-order valence-electron chi connectivity index (χ2n) is 4.27. The number of ether oxygens (including phenoxy) is 2. The van der Waals surface area contributed by atoms with Crippen molar-refractivity contribution in [1.29, 1.82) is 0 Å². The molecule has 0 aliphatic carbocycles. The lowest BCUT2D eigenvalue weighted by Gasteiger charge is -2.13. The van der Waals surface area contributed by atoms with Crippen LogP contribution in [0.5, 0.6) is 11.5 Å². The van der Waals surface area contributed by atoms with E-state index in [2.05, 4.69) is 31.2 Å². The van der Waals surface area contributed by atoms with Crippen molar-refractivity contribution in [2.45, 2.75) is 12.8 Å². The van der Waals surface area contributed by atoms with E-state index >= 15 is 0 Å². The van der Waals surface area contributed by atoms with E-state index in [4.69, 9.17) is 9.47 Å². The Labute approximate surface area is 108 Å². The highest BCUT2D eigenvalue weighted by Crippen LogP contribution is 2.26. The number of hydrogen-bond acceptors (Lipinski definition) is 2. The van der Waals surface area contributed by atoms with Crippen LogP contribution in [0, 0.1) is 0 Å². The topological polar surface area (TPSA) is 18.5 Å². The van der Waals surface area contributed by atoms with Gasteiger partial charge >= 0.3 is 0 Å². The van der Waals surface area contributed by atoms with Crippen LogP contribution in [-0.4, -0.2) is 14.2 Å². The monoisotopic (exact) mass is 242 g/mol. The average Bonchev–Trinajstić information content (AvgIpc) is 2.47. The van der Waals surface area contributed by atoms with Crippen molar-refractivity contribution in [2.24, 2.45) is 0 Å². The molecular formula is C16H18O2. The second kappa shape index (κ2) is 5.58. The Morgan fingerprint density at radius 1 is 0.667 bits per heavy atom. The molecule has 0 aliphatic heterocycles. The van der Waals surface area contributed by atoms with Gasteiger partial charge in [0.05, 0.1) is 14.2 Å². The van der Waals surface area contributed by atoms with Crippen LogP contribution in [0.25, 0.3) is 0 Å². The van der Waals surface area contributed by atoms with Crippen LogP contribution in [0.4, 0.5) is 0 Å². The third kappa shape index (κ3) is 2.65. The summed E-state index contributed by atoms with van der Waals surface area (Å²) in [5, 5.41) is 0. The van der Waals surface area contributed by atoms with Gasteiger partial charge < -0.3 is 9.47 Å². The molecule has 0 spiro atoms. The Balaban J connectivity index is 2.20. The van der Waals surface area contributed by atoms with Gasteiger partial charge in [-0.3, -0.25) is 0 Å². The van der Waals surface area contributed by atoms with Gasteiger partial charge in [0.2, 0.25) is 0 Å². The first-order chi connectivity index (χ1) is 8.74. The minimum absolute atomic E-state index is 0.363. The summed E-state index contributed by atoms with van der Waals surface area (Å²) in [7, 11) is 3.36. The minimum Gasteiger partial charge on any atom is -0.497 e. The molecule has 0 saturated carbocycles. The van der Waals surface area contributed by atoms with Crippen molar-refractivity contribution in [3.05, 3.63) is 59.7 Å². The number of methoxy groups -OCH3 is 2. The first-order valence-corrected chi connectivity index (χ1v) is 6.02. The van der Waals surface area contributed by atoms with Crippen LogP contribution in [-0.2, 0) is 0 Å². The predicted molar refractivity (Wildman–Crippen MR) is 73.5 cm³/mol. The molecule has 94 valence electrons. The zero-order chi connectivity index (χ0) is 13.0. The fourth-order valence-electron chi connectivity index (χ4n) is 1.98. The molecule has 0 radical (unpaired) electrons. The maximum atomic E-state index is 5.17. The molecule has 0 atom stereocenters. The smallest absolute Gasteiger partial charge is 0.118 e. The van der Waals surface area contributed by atoms with Gasteiger partial charge in [-0.05, 0) is 35.4 Å². The molecule has 0 saturated heterocycles. The van der Waals surface area contributed by atoms with E-state index in [1.54, 1.807) is 14.2 Å². The van der Waals surface area contributed by atoms with E-state index in [1.165, 1.54) is 11.1 Å². The molecule has 0 bridgehead atoms. The minimum atomic E-state index is 0.363. The van der Waals surface area contributed by atoms with Gasteiger partial charge in [-0.1, -0.05) is 31.2 Å². The Bertz CT molecular complexity index is 438. The van der Waals surface area contributed by atoms with Crippen LogP contribution in [0.2, 0.25) is 0 Å². The summed E-state index contributed by atoms with van der Waals surface area (Å²) >= 11 is 0. The summed E-state index contributed by atoms with van der Waals surface area (Å²) in [5.74, 6) is 2.14. The maximum Gasteiger partial charge on any atom is 0.118 e. The molecule has 2 rings (SSSR count). The summed E-state index contributed by atoms with van der Waals surface area (Å²) in [6.07, 6.45) is 0. The standard InChI is InChI=1S/C16H18O2/c1-12(13-4-8-15(17-2)9-5-13)14-6-10-16(18-3)11-7-14/h4-12H,1-3H3. The molecule has 0 fully saturated rings. The molecule has 2 heteroatoms. The van der Waals surface area contributed by atoms with Crippen molar-refractivity contribution in [1.82, 2.24) is 0 Å². The lowest BCUT2D eigenvalue weighted by atomic mass is 9.93. The molecular weight excluding hydrogens is 224 g/mol. The van der Waals surface area contributed by atoms with Gasteiger partial charge in [-0.15, -0.1) is 0 Å². The Morgan fingerprint density at radius 2 is 1.00 bits per heavy atom. The molecule has 2 nitrogen and oxygen atoms in total. The number of rotatable bonds is 4. The Hall–Kier alpha value is -1.96. The highest BCUT2D eigenvalue weighted by atomic mass is 16.5. The normalized spacial score (nSPS) is 10.4. The fourth-order valence-corrected chi connectivity index (χ4v) is 1.98. The zero-order valence-corrected chi connectivity index (χ0v) is 11.0. The Kier molecular flexibility index (Phi) is 3.88. The van der Waals surface area contributed by atoms with E-state index < -0.39 is 0 Å². The predicted octanol–water partition coefficient (Wildman–Crippen LogP) is 3.86. The van der Waals surface area contributed by atoms with Gasteiger partial charge in [-0.25, -0.2) is 0 Å². The van der Waals surface area contributed by atoms with Crippen molar-refractivity contribution in [3.63, 3.8) is 0 Å². The third-order valence-corrected chi connectivity index (χ3v) is 3.23. The largest absolute Gasteiger partial charge is 0.497 e. The van der Waals surface area contributed by atoms with Crippen molar-refractivity contribution in [2.75, 3.05) is 14.2 Å². The summed E-state index contributed by atoms with van der Waals surface area (Å²) in [6, 6.07) is 16.4. The first kappa shape index (κ1) is 12.5. The van der Waals surface area contributed by atoms with E-state index in [1.807, 2.05) is 24.3 Å². The molecule has 0 amide bonds. The molecule has 0 aliphatic rings. The SMILES string of the molecule is COc1ccc(C(C)c2ccc(OC)cc2)cc1. The van der Waals surface area contributed by atoms with Crippen molar-refractivity contribution >= 4 is 0 Å². The molecule has 18 heavy (non-hydrogen) atoms. The molecule has 0 aromatic heterocycles. The Morgan fingerprint density at radius 3 is 1.28 bits per heavy atom. The van der Waals surface area contributed by atoms with Gasteiger partial charge in [0, 0.05) is 5.92 Å². The number of hydrogen-bond donors (Lipinski definition) is 0. The van der Waals surface area contributed by atoms with E-state index in [0.717, 1.165) is 11.5 Å². The summed E-state index contributed by atoms with van der Waals surface area (Å²) in [6.45, 7) is 2.20. The summed E-state index contributed by atoms with van der Waals surface area (Å²) in [4.78, 5) is 0.